The van der Waals surface area contributed by atoms with E-state index in [1.165, 1.54) is 6.92 Å². The number of esters is 1. The van der Waals surface area contributed by atoms with Crippen molar-refractivity contribution in [2.45, 2.75) is 18.2 Å². The number of benzene rings is 1. The van der Waals surface area contributed by atoms with Gasteiger partial charge in [-0.25, -0.2) is 0 Å². The van der Waals surface area contributed by atoms with Gasteiger partial charge in [-0.05, 0) is 12.1 Å². The van der Waals surface area contributed by atoms with Crippen molar-refractivity contribution >= 4 is 28.3 Å². The highest BCUT2D eigenvalue weighted by atomic mass is 32.3. The van der Waals surface area contributed by atoms with E-state index in [9.17, 15) is 4.79 Å². The summed E-state index contributed by atoms with van der Waals surface area (Å²) in [6, 6.07) is 5.83. The van der Waals surface area contributed by atoms with Crippen LogP contribution in [0.25, 0.3) is 0 Å². The highest BCUT2D eigenvalue weighted by molar-refractivity contribution is 8.26. The van der Waals surface area contributed by atoms with Crippen molar-refractivity contribution in [3.05, 3.63) is 18.2 Å². The van der Waals surface area contributed by atoms with Gasteiger partial charge >= 0.3 is 5.97 Å². The van der Waals surface area contributed by atoms with Gasteiger partial charge in [0, 0.05) is 24.1 Å². The minimum atomic E-state index is -1.97. The van der Waals surface area contributed by atoms with Crippen LogP contribution in [0.15, 0.2) is 27.5 Å². The third kappa shape index (κ3) is 1.12. The molecular weight excluding hydrogens is 256 g/mol. The van der Waals surface area contributed by atoms with Crippen molar-refractivity contribution in [3.63, 3.8) is 0 Å². The van der Waals surface area contributed by atoms with Gasteiger partial charge in [0.05, 0.1) is 6.61 Å². The van der Waals surface area contributed by atoms with Crippen molar-refractivity contribution < 1.29 is 18.0 Å². The van der Waals surface area contributed by atoms with E-state index >= 15 is 0 Å². The molecule has 0 fully saturated rings. The molecule has 1 aromatic carbocycles. The molecule has 3 aliphatic rings. The van der Waals surface area contributed by atoms with E-state index in [-0.39, 0.29) is 5.97 Å². The SMILES string of the molecule is CC(=O)OCCC1=NS23Oc4cccc2c4N1O3. The minimum Gasteiger partial charge on any atom is -0.465 e. The molecule has 7 heteroatoms. The monoisotopic (exact) mass is 266 g/mol. The van der Waals surface area contributed by atoms with E-state index in [1.807, 2.05) is 18.2 Å². The van der Waals surface area contributed by atoms with Crippen LogP contribution in [0.4, 0.5) is 5.69 Å². The van der Waals surface area contributed by atoms with Crippen LogP contribution in [-0.4, -0.2) is 18.4 Å². The maximum Gasteiger partial charge on any atom is 0.302 e. The largest absolute Gasteiger partial charge is 0.465 e. The van der Waals surface area contributed by atoms with Crippen LogP contribution in [0.2, 0.25) is 0 Å². The number of hydrogen-bond acceptors (Lipinski definition) is 6. The van der Waals surface area contributed by atoms with E-state index in [2.05, 4.69) is 4.40 Å². The second kappa shape index (κ2) is 3.18. The molecule has 1 aromatic rings. The van der Waals surface area contributed by atoms with Crippen LogP contribution < -0.4 is 9.25 Å². The number of anilines is 1. The van der Waals surface area contributed by atoms with Gasteiger partial charge < -0.3 is 8.92 Å². The molecule has 94 valence electrons. The summed E-state index contributed by atoms with van der Waals surface area (Å²) in [5.74, 6) is 1.30. The van der Waals surface area contributed by atoms with Gasteiger partial charge in [-0.2, -0.15) is 5.06 Å². The van der Waals surface area contributed by atoms with E-state index in [4.69, 9.17) is 13.2 Å². The molecule has 0 N–H and O–H groups in total. The first kappa shape index (κ1) is 10.2. The molecular formula is C11H10N2O4S. The molecule has 5 bridgehead atoms. The Bertz CT molecular complexity index is 603. The fraction of sp³-hybridized carbons (Fsp3) is 0.273. The number of ether oxygens (including phenoxy) is 1. The molecule has 3 heterocycles. The van der Waals surface area contributed by atoms with Crippen LogP contribution in [0.5, 0.6) is 5.75 Å². The lowest BCUT2D eigenvalue weighted by Crippen LogP contribution is -2.26. The fourth-order valence-electron chi connectivity index (χ4n) is 2.20. The van der Waals surface area contributed by atoms with Crippen molar-refractivity contribution in [3.8, 4) is 5.75 Å². The Morgan fingerprint density at radius 3 is 3.28 bits per heavy atom. The number of carbonyl (C=O) groups is 1. The molecule has 0 saturated carbocycles. The van der Waals surface area contributed by atoms with Gasteiger partial charge in [0.15, 0.2) is 11.6 Å². The number of para-hydroxylation sites is 1. The Balaban J connectivity index is 1.61. The number of amidine groups is 1. The molecule has 1 atom stereocenters. The normalized spacial score (nSPS) is 28.7. The van der Waals surface area contributed by atoms with Gasteiger partial charge in [0.2, 0.25) is 0 Å². The maximum absolute atomic E-state index is 10.7. The second-order valence-corrected chi connectivity index (χ2v) is 6.02. The predicted molar refractivity (Wildman–Crippen MR) is 65.2 cm³/mol. The third-order valence-electron chi connectivity index (χ3n) is 2.91. The molecule has 0 aliphatic carbocycles. The molecule has 6 nitrogen and oxygen atoms in total. The molecule has 3 aliphatic heterocycles. The van der Waals surface area contributed by atoms with Gasteiger partial charge in [0.1, 0.15) is 10.6 Å². The zero-order chi connectivity index (χ0) is 12.3. The number of nitrogens with zero attached hydrogens (tertiary/aromatic N) is 2. The van der Waals surface area contributed by atoms with Crippen molar-refractivity contribution in [2.75, 3.05) is 11.7 Å². The summed E-state index contributed by atoms with van der Waals surface area (Å²) >= 11 is 0. The predicted octanol–water partition coefficient (Wildman–Crippen LogP) is 2.10. The Labute approximate surface area is 105 Å². The summed E-state index contributed by atoms with van der Waals surface area (Å²) in [4.78, 5) is 11.7. The summed E-state index contributed by atoms with van der Waals surface area (Å²) in [6.45, 7) is 1.70. The number of hydrogen-bond donors (Lipinski definition) is 0. The zero-order valence-electron chi connectivity index (χ0n) is 9.58. The molecule has 0 amide bonds. The first-order valence-electron chi connectivity index (χ1n) is 5.57. The highest BCUT2D eigenvalue weighted by Crippen LogP contribution is 2.77. The Morgan fingerprint density at radius 2 is 2.44 bits per heavy atom. The number of hydroxylamine groups is 1. The average molecular weight is 266 g/mol. The molecule has 18 heavy (non-hydrogen) atoms. The van der Waals surface area contributed by atoms with Gasteiger partial charge in [-0.1, -0.05) is 6.07 Å². The lowest BCUT2D eigenvalue weighted by Gasteiger charge is -2.27. The molecule has 0 saturated heterocycles. The summed E-state index contributed by atoms with van der Waals surface area (Å²) in [5, 5.41) is 1.72. The standard InChI is InChI=1S/C11H10N2O4S/c1-7(14)15-6-5-10-12-18-9-4-2-3-8(16-18)11(9)13(10)17-18/h2-4H,5-6H2,1H3. The number of fused-ring (bicyclic) bond motifs is 1. The number of rotatable bonds is 3. The zero-order valence-corrected chi connectivity index (χ0v) is 10.4. The van der Waals surface area contributed by atoms with E-state index in [0.717, 1.165) is 22.2 Å². The molecule has 4 rings (SSSR count). The van der Waals surface area contributed by atoms with Crippen molar-refractivity contribution in [1.29, 1.82) is 0 Å². The van der Waals surface area contributed by atoms with Crippen molar-refractivity contribution in [1.82, 2.24) is 0 Å². The van der Waals surface area contributed by atoms with Crippen LogP contribution >= 0.6 is 10.8 Å². The average Bonchev–Trinajstić information content (AvgIpc) is 2.85. The Kier molecular flexibility index (Phi) is 1.80. The van der Waals surface area contributed by atoms with Crippen LogP contribution in [0.1, 0.15) is 13.3 Å². The first-order chi connectivity index (χ1) is 8.70. The van der Waals surface area contributed by atoms with Gasteiger partial charge in [-0.15, -0.1) is 8.68 Å². The molecule has 1 unspecified atom stereocenters. The molecule has 1 spiro atoms. The van der Waals surface area contributed by atoms with Crippen LogP contribution in [-0.2, 0) is 13.8 Å². The third-order valence-corrected chi connectivity index (χ3v) is 5.01. The van der Waals surface area contributed by atoms with Gasteiger partial charge in [0.25, 0.3) is 0 Å². The topological polar surface area (TPSA) is 60.4 Å². The van der Waals surface area contributed by atoms with E-state index in [1.54, 1.807) is 5.06 Å². The molecule has 0 aromatic heterocycles. The van der Waals surface area contributed by atoms with Gasteiger partial charge in [-0.3, -0.25) is 4.79 Å². The smallest absolute Gasteiger partial charge is 0.302 e. The lowest BCUT2D eigenvalue weighted by molar-refractivity contribution is -0.140. The Morgan fingerprint density at radius 1 is 1.56 bits per heavy atom. The van der Waals surface area contributed by atoms with E-state index in [0.29, 0.717) is 13.0 Å². The van der Waals surface area contributed by atoms with Crippen molar-refractivity contribution in [2.24, 2.45) is 4.40 Å². The summed E-state index contributed by atoms with van der Waals surface area (Å²) in [7, 11) is -1.97. The first-order valence-corrected chi connectivity index (χ1v) is 7.01. The number of carbonyl (C=O) groups excluding carboxylic acids is 1. The quantitative estimate of drug-likeness (QED) is 0.784. The summed E-state index contributed by atoms with van der Waals surface area (Å²) in [5.41, 5.74) is 0.959. The second-order valence-electron chi connectivity index (χ2n) is 4.13. The van der Waals surface area contributed by atoms with E-state index < -0.39 is 10.8 Å². The fourth-order valence-corrected chi connectivity index (χ4v) is 4.43. The Hall–Kier alpha value is -1.73. The maximum atomic E-state index is 10.7. The van der Waals surface area contributed by atoms with Crippen LogP contribution in [0, 0.1) is 0 Å². The summed E-state index contributed by atoms with van der Waals surface area (Å²) in [6.07, 6.45) is 0.533. The highest BCUT2D eigenvalue weighted by Gasteiger charge is 2.54. The lowest BCUT2D eigenvalue weighted by atomic mass is 10.2. The minimum absolute atomic E-state index is 0.288. The van der Waals surface area contributed by atoms with Crippen LogP contribution in [0.3, 0.4) is 0 Å². The molecule has 0 radical (unpaired) electrons. The summed E-state index contributed by atoms with van der Waals surface area (Å²) < 4.78 is 20.9.